The van der Waals surface area contributed by atoms with Gasteiger partial charge in [0, 0.05) is 21.9 Å². The van der Waals surface area contributed by atoms with E-state index in [0.29, 0.717) is 6.04 Å². The van der Waals surface area contributed by atoms with Crippen LogP contribution in [0.4, 0.5) is 0 Å². The lowest BCUT2D eigenvalue weighted by Gasteiger charge is -2.13. The summed E-state index contributed by atoms with van der Waals surface area (Å²) in [6.45, 7) is 5.10. The minimum absolute atomic E-state index is 0.342. The van der Waals surface area contributed by atoms with E-state index in [1.165, 1.54) is 10.4 Å². The van der Waals surface area contributed by atoms with E-state index in [1.54, 1.807) is 11.3 Å². The molecule has 2 nitrogen and oxygen atoms in total. The molecule has 0 spiro atoms. The number of nitrogens with one attached hydrogen (secondary N) is 1. The normalized spacial score (nSPS) is 12.6. The third-order valence-electron chi connectivity index (χ3n) is 2.73. The van der Waals surface area contributed by atoms with Gasteiger partial charge in [-0.25, -0.2) is 4.98 Å². The van der Waals surface area contributed by atoms with E-state index in [9.17, 15) is 0 Å². The van der Waals surface area contributed by atoms with Crippen molar-refractivity contribution in [2.45, 2.75) is 26.4 Å². The van der Waals surface area contributed by atoms with E-state index in [2.05, 4.69) is 58.3 Å². The van der Waals surface area contributed by atoms with Crippen molar-refractivity contribution in [3.05, 3.63) is 50.4 Å². The van der Waals surface area contributed by atoms with E-state index in [4.69, 9.17) is 0 Å². The largest absolute Gasteiger partial charge is 0.305 e. The van der Waals surface area contributed by atoms with Crippen LogP contribution in [0, 0.1) is 6.92 Å². The number of aryl methyl sites for hydroxylation is 1. The molecule has 90 valence electrons. The average Bonchev–Trinajstić information content (AvgIpc) is 2.74. The molecule has 0 fully saturated rings. The molecule has 0 aliphatic rings. The van der Waals surface area contributed by atoms with Crippen molar-refractivity contribution in [3.8, 4) is 0 Å². The molecule has 17 heavy (non-hydrogen) atoms. The van der Waals surface area contributed by atoms with Crippen LogP contribution in [0.1, 0.15) is 29.1 Å². The maximum atomic E-state index is 4.28. The molecule has 0 bridgehead atoms. The molecule has 1 N–H and O–H groups in total. The zero-order chi connectivity index (χ0) is 12.3. The van der Waals surface area contributed by atoms with Gasteiger partial charge in [-0.2, -0.15) is 0 Å². The molecule has 0 saturated heterocycles. The van der Waals surface area contributed by atoms with E-state index >= 15 is 0 Å². The molecule has 1 aromatic heterocycles. The van der Waals surface area contributed by atoms with Gasteiger partial charge in [0.1, 0.15) is 0 Å². The highest BCUT2D eigenvalue weighted by atomic mass is 79.9. The highest BCUT2D eigenvalue weighted by molar-refractivity contribution is 9.10. The lowest BCUT2D eigenvalue weighted by molar-refractivity contribution is 0.578. The molecule has 0 aliphatic carbocycles. The van der Waals surface area contributed by atoms with Gasteiger partial charge in [0.2, 0.25) is 0 Å². The second kappa shape index (κ2) is 5.76. The molecular formula is C13H15BrN2S. The maximum absolute atomic E-state index is 4.28. The van der Waals surface area contributed by atoms with E-state index in [0.717, 1.165) is 16.7 Å². The van der Waals surface area contributed by atoms with Crippen LogP contribution in [0.5, 0.6) is 0 Å². The van der Waals surface area contributed by atoms with E-state index < -0.39 is 0 Å². The van der Waals surface area contributed by atoms with Crippen LogP contribution in [0.3, 0.4) is 0 Å². The zero-order valence-corrected chi connectivity index (χ0v) is 12.3. The second-order valence-electron chi connectivity index (χ2n) is 4.00. The summed E-state index contributed by atoms with van der Waals surface area (Å²) in [5.41, 5.74) is 4.31. The Hall–Kier alpha value is -0.710. The molecule has 2 rings (SSSR count). The third kappa shape index (κ3) is 3.15. The lowest BCUT2D eigenvalue weighted by atomic mass is 10.2. The predicted octanol–water partition coefficient (Wildman–Crippen LogP) is 4.06. The third-order valence-corrected chi connectivity index (χ3v) is 4.62. The molecule has 0 aliphatic heterocycles. The van der Waals surface area contributed by atoms with Crippen molar-refractivity contribution >= 4 is 27.3 Å². The minimum atomic E-state index is 0.342. The van der Waals surface area contributed by atoms with Gasteiger partial charge in [-0.15, -0.1) is 11.3 Å². The van der Waals surface area contributed by atoms with Gasteiger partial charge in [-0.05, 0) is 25.5 Å². The molecule has 1 unspecified atom stereocenters. The summed E-state index contributed by atoms with van der Waals surface area (Å²) < 4.78 is 1.15. The predicted molar refractivity (Wildman–Crippen MR) is 76.2 cm³/mol. The van der Waals surface area contributed by atoms with Gasteiger partial charge in [-0.3, -0.25) is 0 Å². The summed E-state index contributed by atoms with van der Waals surface area (Å²) in [5.74, 6) is 0. The number of thiazole rings is 1. The van der Waals surface area contributed by atoms with Crippen LogP contribution in [-0.2, 0) is 6.54 Å². The van der Waals surface area contributed by atoms with Crippen LogP contribution in [0.15, 0.2) is 34.2 Å². The molecule has 1 heterocycles. The van der Waals surface area contributed by atoms with Crippen molar-refractivity contribution in [2.75, 3.05) is 0 Å². The minimum Gasteiger partial charge on any atom is -0.305 e. The van der Waals surface area contributed by atoms with Gasteiger partial charge >= 0.3 is 0 Å². The first-order valence-electron chi connectivity index (χ1n) is 5.55. The number of hydrogen-bond acceptors (Lipinski definition) is 3. The van der Waals surface area contributed by atoms with Crippen LogP contribution in [0.25, 0.3) is 0 Å². The molecule has 2 aromatic rings. The van der Waals surface area contributed by atoms with Crippen molar-refractivity contribution in [1.82, 2.24) is 10.3 Å². The smallest absolute Gasteiger partial charge is 0.0798 e. The van der Waals surface area contributed by atoms with E-state index in [-0.39, 0.29) is 0 Å². The number of aromatic nitrogens is 1. The first-order chi connectivity index (χ1) is 8.18. The topological polar surface area (TPSA) is 24.9 Å². The summed E-state index contributed by atoms with van der Waals surface area (Å²) in [7, 11) is 0. The summed E-state index contributed by atoms with van der Waals surface area (Å²) in [4.78, 5) is 5.60. The van der Waals surface area contributed by atoms with Gasteiger partial charge in [0.15, 0.2) is 0 Å². The molecular weight excluding hydrogens is 296 g/mol. The summed E-state index contributed by atoms with van der Waals surface area (Å²) in [6.07, 6.45) is 0. The number of rotatable bonds is 4. The average molecular weight is 311 g/mol. The van der Waals surface area contributed by atoms with Gasteiger partial charge in [0.05, 0.1) is 11.2 Å². The quantitative estimate of drug-likeness (QED) is 0.921. The number of nitrogens with zero attached hydrogens (tertiary/aromatic N) is 1. The van der Waals surface area contributed by atoms with Crippen molar-refractivity contribution in [1.29, 1.82) is 0 Å². The maximum Gasteiger partial charge on any atom is 0.0798 e. The number of halogens is 1. The van der Waals surface area contributed by atoms with E-state index in [1.807, 2.05) is 11.6 Å². The molecule has 0 radical (unpaired) electrons. The molecule has 1 atom stereocenters. The molecule has 1 aromatic carbocycles. The summed E-state index contributed by atoms with van der Waals surface area (Å²) in [5, 5.41) is 3.52. The van der Waals surface area contributed by atoms with Gasteiger partial charge in [-0.1, -0.05) is 34.1 Å². The first kappa shape index (κ1) is 12.7. The Kier molecular flexibility index (Phi) is 4.31. The van der Waals surface area contributed by atoms with Crippen LogP contribution in [-0.4, -0.2) is 4.98 Å². The molecule has 0 saturated carbocycles. The fourth-order valence-corrected chi connectivity index (χ4v) is 2.98. The SMILES string of the molecule is Cc1ncsc1C(C)NCc1ccccc1Br. The van der Waals surface area contributed by atoms with Crippen molar-refractivity contribution in [2.24, 2.45) is 0 Å². The van der Waals surface area contributed by atoms with Crippen molar-refractivity contribution in [3.63, 3.8) is 0 Å². The highest BCUT2D eigenvalue weighted by Crippen LogP contribution is 2.22. The fraction of sp³-hybridized carbons (Fsp3) is 0.308. The second-order valence-corrected chi connectivity index (χ2v) is 5.74. The molecule has 0 amide bonds. The fourth-order valence-electron chi connectivity index (χ4n) is 1.72. The summed E-state index contributed by atoms with van der Waals surface area (Å²) in [6, 6.07) is 8.63. The molecule has 4 heteroatoms. The Bertz CT molecular complexity index is 496. The standard InChI is InChI=1S/C13H15BrN2S/c1-9(13-10(2)16-8-17-13)15-7-11-5-3-4-6-12(11)14/h3-6,8-9,15H,7H2,1-2H3. The Morgan fingerprint density at radius 2 is 2.18 bits per heavy atom. The van der Waals surface area contributed by atoms with Crippen molar-refractivity contribution < 1.29 is 0 Å². The summed E-state index contributed by atoms with van der Waals surface area (Å²) >= 11 is 5.27. The Balaban J connectivity index is 2.00. The highest BCUT2D eigenvalue weighted by Gasteiger charge is 2.10. The monoisotopic (exact) mass is 310 g/mol. The Morgan fingerprint density at radius 1 is 1.41 bits per heavy atom. The van der Waals surface area contributed by atoms with Crippen LogP contribution >= 0.6 is 27.3 Å². The number of benzene rings is 1. The Morgan fingerprint density at radius 3 is 2.82 bits per heavy atom. The lowest BCUT2D eigenvalue weighted by Crippen LogP contribution is -2.18. The van der Waals surface area contributed by atoms with Gasteiger partial charge in [0.25, 0.3) is 0 Å². The number of hydrogen-bond donors (Lipinski definition) is 1. The van der Waals surface area contributed by atoms with Crippen LogP contribution in [0.2, 0.25) is 0 Å². The Labute approximate surface area is 114 Å². The zero-order valence-electron chi connectivity index (χ0n) is 9.90. The van der Waals surface area contributed by atoms with Gasteiger partial charge < -0.3 is 5.32 Å². The van der Waals surface area contributed by atoms with Crippen LogP contribution < -0.4 is 5.32 Å². The first-order valence-corrected chi connectivity index (χ1v) is 7.22.